The monoisotopic (exact) mass is 258 g/mol. The summed E-state index contributed by atoms with van der Waals surface area (Å²) in [5.74, 6) is 0.104. The SMILES string of the molecule is CCCCCCCCCCCC(=O)NC(N)CC.[HH]. The molecule has 0 saturated carbocycles. The van der Waals surface area contributed by atoms with Gasteiger partial charge in [-0.25, -0.2) is 0 Å². The van der Waals surface area contributed by atoms with E-state index in [0.29, 0.717) is 6.42 Å². The van der Waals surface area contributed by atoms with Crippen LogP contribution in [0.25, 0.3) is 0 Å². The van der Waals surface area contributed by atoms with Crippen molar-refractivity contribution in [2.45, 2.75) is 90.6 Å². The number of hydrogen-bond acceptors (Lipinski definition) is 2. The van der Waals surface area contributed by atoms with Gasteiger partial charge in [0.1, 0.15) is 0 Å². The Morgan fingerprint density at radius 3 is 2.00 bits per heavy atom. The minimum atomic E-state index is -0.170. The van der Waals surface area contributed by atoms with E-state index in [1.54, 1.807) is 0 Å². The van der Waals surface area contributed by atoms with Crippen LogP contribution in [0.4, 0.5) is 0 Å². The summed E-state index contributed by atoms with van der Waals surface area (Å²) in [5, 5.41) is 2.79. The minimum absolute atomic E-state index is 0. The highest BCUT2D eigenvalue weighted by Crippen LogP contribution is 2.10. The van der Waals surface area contributed by atoms with Crippen molar-refractivity contribution in [3.8, 4) is 0 Å². The summed E-state index contributed by atoms with van der Waals surface area (Å²) < 4.78 is 0. The van der Waals surface area contributed by atoms with E-state index in [1.807, 2.05) is 6.92 Å². The summed E-state index contributed by atoms with van der Waals surface area (Å²) in [6, 6.07) is 0. The molecule has 1 unspecified atom stereocenters. The van der Waals surface area contributed by atoms with Crippen LogP contribution < -0.4 is 11.1 Å². The van der Waals surface area contributed by atoms with Crippen molar-refractivity contribution in [2.75, 3.05) is 0 Å². The van der Waals surface area contributed by atoms with Crippen molar-refractivity contribution in [1.82, 2.24) is 5.32 Å². The Bertz CT molecular complexity index is 201. The molecule has 0 aromatic rings. The number of rotatable bonds is 12. The topological polar surface area (TPSA) is 55.1 Å². The van der Waals surface area contributed by atoms with Gasteiger partial charge >= 0.3 is 0 Å². The maximum absolute atomic E-state index is 11.4. The Balaban J connectivity index is 0. The normalized spacial score (nSPS) is 12.4. The summed E-state index contributed by atoms with van der Waals surface area (Å²) in [4.78, 5) is 11.4. The first-order valence-corrected chi connectivity index (χ1v) is 7.75. The van der Waals surface area contributed by atoms with Crippen molar-refractivity contribution in [3.05, 3.63) is 0 Å². The van der Waals surface area contributed by atoms with E-state index in [0.717, 1.165) is 12.8 Å². The van der Waals surface area contributed by atoms with Gasteiger partial charge in [0, 0.05) is 7.85 Å². The van der Waals surface area contributed by atoms with E-state index in [1.165, 1.54) is 51.4 Å². The Hall–Kier alpha value is -0.570. The number of amides is 1. The van der Waals surface area contributed by atoms with Crippen LogP contribution in [0.1, 0.15) is 85.9 Å². The van der Waals surface area contributed by atoms with Crippen LogP contribution in [0, 0.1) is 0 Å². The summed E-state index contributed by atoms with van der Waals surface area (Å²) in [7, 11) is 0. The fourth-order valence-electron chi connectivity index (χ4n) is 1.98. The third-order valence-electron chi connectivity index (χ3n) is 3.29. The molecule has 0 aliphatic rings. The van der Waals surface area contributed by atoms with Gasteiger partial charge in [-0.3, -0.25) is 4.79 Å². The first kappa shape index (κ1) is 17.4. The largest absolute Gasteiger partial charge is 0.341 e. The third kappa shape index (κ3) is 11.9. The zero-order valence-corrected chi connectivity index (χ0v) is 12.3. The van der Waals surface area contributed by atoms with Gasteiger partial charge in [-0.05, 0) is 12.8 Å². The van der Waals surface area contributed by atoms with Gasteiger partial charge in [0.05, 0.1) is 6.17 Å². The van der Waals surface area contributed by atoms with Gasteiger partial charge in [0.2, 0.25) is 5.91 Å². The van der Waals surface area contributed by atoms with Crippen molar-refractivity contribution >= 4 is 5.91 Å². The molecule has 0 aliphatic heterocycles. The first-order chi connectivity index (χ1) is 8.70. The lowest BCUT2D eigenvalue weighted by Crippen LogP contribution is -2.40. The third-order valence-corrected chi connectivity index (χ3v) is 3.29. The zero-order chi connectivity index (χ0) is 13.6. The first-order valence-electron chi connectivity index (χ1n) is 7.75. The summed E-state index contributed by atoms with van der Waals surface area (Å²) >= 11 is 0. The lowest BCUT2D eigenvalue weighted by atomic mass is 10.1. The molecule has 0 fully saturated rings. The number of hydrogen-bond donors (Lipinski definition) is 2. The fourth-order valence-corrected chi connectivity index (χ4v) is 1.98. The van der Waals surface area contributed by atoms with Crippen molar-refractivity contribution in [3.63, 3.8) is 0 Å². The van der Waals surface area contributed by atoms with Gasteiger partial charge in [0.15, 0.2) is 0 Å². The minimum Gasteiger partial charge on any atom is -0.341 e. The molecule has 0 heterocycles. The van der Waals surface area contributed by atoms with Gasteiger partial charge < -0.3 is 11.1 Å². The van der Waals surface area contributed by atoms with Crippen LogP contribution in [0.2, 0.25) is 0 Å². The Morgan fingerprint density at radius 1 is 1.00 bits per heavy atom. The van der Waals surface area contributed by atoms with E-state index in [4.69, 9.17) is 5.73 Å². The lowest BCUT2D eigenvalue weighted by molar-refractivity contribution is -0.121. The van der Waals surface area contributed by atoms with E-state index in [9.17, 15) is 4.79 Å². The fraction of sp³-hybridized carbons (Fsp3) is 0.933. The average molecular weight is 258 g/mol. The van der Waals surface area contributed by atoms with Crippen molar-refractivity contribution < 1.29 is 6.22 Å². The summed E-state index contributed by atoms with van der Waals surface area (Å²) in [6.45, 7) is 4.22. The second-order valence-electron chi connectivity index (χ2n) is 5.16. The van der Waals surface area contributed by atoms with E-state index < -0.39 is 0 Å². The molecule has 1 atom stereocenters. The van der Waals surface area contributed by atoms with Gasteiger partial charge in [0.25, 0.3) is 0 Å². The van der Waals surface area contributed by atoms with Crippen LogP contribution in [0.15, 0.2) is 0 Å². The van der Waals surface area contributed by atoms with Gasteiger partial charge in [-0.15, -0.1) is 0 Å². The van der Waals surface area contributed by atoms with Gasteiger partial charge in [-0.2, -0.15) is 0 Å². The Labute approximate surface area is 114 Å². The second-order valence-corrected chi connectivity index (χ2v) is 5.16. The molecule has 110 valence electrons. The van der Waals surface area contributed by atoms with Crippen LogP contribution in [-0.4, -0.2) is 12.1 Å². The van der Waals surface area contributed by atoms with E-state index >= 15 is 0 Å². The smallest absolute Gasteiger partial charge is 0.221 e. The van der Waals surface area contributed by atoms with Crippen LogP contribution >= 0.6 is 0 Å². The van der Waals surface area contributed by atoms with Crippen LogP contribution in [0.5, 0.6) is 0 Å². The number of carbonyl (C=O) groups is 1. The molecule has 0 aromatic carbocycles. The maximum Gasteiger partial charge on any atom is 0.221 e. The number of carbonyl (C=O) groups excluding carboxylic acids is 1. The molecule has 3 heteroatoms. The highest BCUT2D eigenvalue weighted by Gasteiger charge is 2.04. The number of nitrogens with one attached hydrogen (secondary N) is 1. The zero-order valence-electron chi connectivity index (χ0n) is 12.3. The predicted octanol–water partition coefficient (Wildman–Crippen LogP) is 3.96. The molecule has 0 rings (SSSR count). The Kier molecular flexibility index (Phi) is 12.5. The predicted molar refractivity (Wildman–Crippen MR) is 80.4 cm³/mol. The number of nitrogens with two attached hydrogens (primary N) is 1. The molecule has 0 aliphatic carbocycles. The molecular weight excluding hydrogens is 224 g/mol. The molecule has 0 spiro atoms. The van der Waals surface area contributed by atoms with Crippen molar-refractivity contribution in [1.29, 1.82) is 0 Å². The molecule has 0 saturated heterocycles. The van der Waals surface area contributed by atoms with E-state index in [-0.39, 0.29) is 13.5 Å². The molecule has 0 aromatic heterocycles. The summed E-state index contributed by atoms with van der Waals surface area (Å²) in [6.07, 6.45) is 12.8. The molecule has 0 bridgehead atoms. The standard InChI is InChI=1S/C15H32N2O.H2/c1-3-5-6-7-8-9-10-11-12-13-15(18)17-14(16)4-2;/h14H,3-13,16H2,1-2H3,(H,17,18);1H. The quantitative estimate of drug-likeness (QED) is 0.411. The highest BCUT2D eigenvalue weighted by molar-refractivity contribution is 5.76. The molecular formula is C15H34N2O. The van der Waals surface area contributed by atoms with Crippen molar-refractivity contribution in [2.24, 2.45) is 5.73 Å². The molecule has 18 heavy (non-hydrogen) atoms. The molecule has 3 N–H and O–H groups in total. The molecule has 0 radical (unpaired) electrons. The molecule has 1 amide bonds. The van der Waals surface area contributed by atoms with Gasteiger partial charge in [-0.1, -0.05) is 65.2 Å². The van der Waals surface area contributed by atoms with Crippen LogP contribution in [0.3, 0.4) is 0 Å². The van der Waals surface area contributed by atoms with Crippen LogP contribution in [-0.2, 0) is 4.79 Å². The number of unbranched alkanes of at least 4 members (excludes halogenated alkanes) is 8. The maximum atomic E-state index is 11.4. The Morgan fingerprint density at radius 2 is 1.50 bits per heavy atom. The molecule has 3 nitrogen and oxygen atoms in total. The highest BCUT2D eigenvalue weighted by atomic mass is 16.1. The summed E-state index contributed by atoms with van der Waals surface area (Å²) in [5.41, 5.74) is 5.65. The van der Waals surface area contributed by atoms with E-state index in [2.05, 4.69) is 12.2 Å². The lowest BCUT2D eigenvalue weighted by Gasteiger charge is -2.10. The average Bonchev–Trinajstić information content (AvgIpc) is 2.36. The second kappa shape index (κ2) is 12.9.